The standard InChI is InChI=1S/C24H21NO3S/c1-18(2)20-11-13-23(14-12-20)29(26,27)24(17-25)16-19-7-6-10-22(15-19)28-21-8-4-3-5-9-21/h3-16,18H,1-2H3/b24-16+. The smallest absolute Gasteiger partial charge is 0.216 e. The molecule has 0 N–H and O–H groups in total. The van der Waals surface area contributed by atoms with Crippen LogP contribution in [0.2, 0.25) is 0 Å². The first kappa shape index (κ1) is 20.4. The Labute approximate surface area is 171 Å². The lowest BCUT2D eigenvalue weighted by Crippen LogP contribution is -2.04. The number of sulfone groups is 1. The van der Waals surface area contributed by atoms with E-state index in [2.05, 4.69) is 0 Å². The summed E-state index contributed by atoms with van der Waals surface area (Å²) in [6, 6.07) is 24.7. The molecule has 3 aromatic carbocycles. The second kappa shape index (κ2) is 8.76. The molecule has 0 aliphatic carbocycles. The minimum absolute atomic E-state index is 0.103. The van der Waals surface area contributed by atoms with Gasteiger partial charge in [-0.15, -0.1) is 0 Å². The molecule has 0 saturated heterocycles. The minimum atomic E-state index is -3.90. The molecule has 0 fully saturated rings. The predicted octanol–water partition coefficient (Wildman–Crippen LogP) is 5.94. The lowest BCUT2D eigenvalue weighted by Gasteiger charge is -2.08. The first-order valence-electron chi connectivity index (χ1n) is 9.20. The first-order valence-corrected chi connectivity index (χ1v) is 10.7. The summed E-state index contributed by atoms with van der Waals surface area (Å²) >= 11 is 0. The number of ether oxygens (including phenoxy) is 1. The maximum absolute atomic E-state index is 12.9. The van der Waals surface area contributed by atoms with Gasteiger partial charge >= 0.3 is 0 Å². The highest BCUT2D eigenvalue weighted by molar-refractivity contribution is 7.95. The first-order chi connectivity index (χ1) is 13.9. The van der Waals surface area contributed by atoms with Crippen molar-refractivity contribution in [1.82, 2.24) is 0 Å². The molecule has 146 valence electrons. The van der Waals surface area contributed by atoms with Crippen molar-refractivity contribution < 1.29 is 13.2 Å². The molecule has 0 unspecified atom stereocenters. The number of allylic oxidation sites excluding steroid dienone is 1. The number of rotatable bonds is 6. The fourth-order valence-electron chi connectivity index (χ4n) is 2.77. The Balaban J connectivity index is 1.91. The largest absolute Gasteiger partial charge is 0.457 e. The zero-order chi connectivity index (χ0) is 20.9. The lowest BCUT2D eigenvalue weighted by molar-refractivity contribution is 0.482. The molecule has 0 radical (unpaired) electrons. The van der Waals surface area contributed by atoms with Gasteiger partial charge in [0.15, 0.2) is 0 Å². The fourth-order valence-corrected chi connectivity index (χ4v) is 3.93. The van der Waals surface area contributed by atoms with E-state index in [1.165, 1.54) is 6.08 Å². The van der Waals surface area contributed by atoms with Crippen molar-refractivity contribution in [1.29, 1.82) is 5.26 Å². The van der Waals surface area contributed by atoms with Crippen LogP contribution in [0, 0.1) is 11.3 Å². The number of nitriles is 1. The molecular formula is C24H21NO3S. The summed E-state index contributed by atoms with van der Waals surface area (Å²) in [5.74, 6) is 1.53. The predicted molar refractivity (Wildman–Crippen MR) is 114 cm³/mol. The number of nitrogens with zero attached hydrogens (tertiary/aromatic N) is 1. The summed E-state index contributed by atoms with van der Waals surface area (Å²) in [4.78, 5) is -0.210. The van der Waals surface area contributed by atoms with Gasteiger partial charge in [0.1, 0.15) is 22.5 Å². The van der Waals surface area contributed by atoms with Crippen molar-refractivity contribution in [3.8, 4) is 17.6 Å². The Morgan fingerprint density at radius 1 is 0.931 bits per heavy atom. The van der Waals surface area contributed by atoms with E-state index < -0.39 is 9.84 Å². The van der Waals surface area contributed by atoms with Crippen LogP contribution >= 0.6 is 0 Å². The Morgan fingerprint density at radius 3 is 2.21 bits per heavy atom. The zero-order valence-electron chi connectivity index (χ0n) is 16.2. The van der Waals surface area contributed by atoms with Crippen LogP contribution in [0.3, 0.4) is 0 Å². The van der Waals surface area contributed by atoms with Crippen LogP contribution < -0.4 is 4.74 Å². The monoisotopic (exact) mass is 403 g/mol. The topological polar surface area (TPSA) is 67.2 Å². The van der Waals surface area contributed by atoms with E-state index in [-0.39, 0.29) is 9.80 Å². The van der Waals surface area contributed by atoms with Gasteiger partial charge in [-0.2, -0.15) is 5.26 Å². The van der Waals surface area contributed by atoms with Crippen LogP contribution in [0.5, 0.6) is 11.5 Å². The average molecular weight is 404 g/mol. The van der Waals surface area contributed by atoms with Crippen LogP contribution in [0.15, 0.2) is 88.7 Å². The van der Waals surface area contributed by atoms with Crippen LogP contribution in [-0.2, 0) is 9.84 Å². The van der Waals surface area contributed by atoms with Crippen molar-refractivity contribution in [2.75, 3.05) is 0 Å². The second-order valence-corrected chi connectivity index (χ2v) is 8.75. The van der Waals surface area contributed by atoms with Gasteiger partial charge in [-0.25, -0.2) is 8.42 Å². The molecule has 0 aliphatic rings. The van der Waals surface area contributed by atoms with E-state index in [0.717, 1.165) is 5.56 Å². The molecule has 3 aromatic rings. The number of para-hydroxylation sites is 1. The highest BCUT2D eigenvalue weighted by Crippen LogP contribution is 2.26. The minimum Gasteiger partial charge on any atom is -0.457 e. The van der Waals surface area contributed by atoms with Gasteiger partial charge in [0, 0.05) is 0 Å². The third kappa shape index (κ3) is 4.92. The fraction of sp³-hybridized carbons (Fsp3) is 0.125. The Kier molecular flexibility index (Phi) is 6.16. The molecular weight excluding hydrogens is 382 g/mol. The van der Waals surface area contributed by atoms with Gasteiger partial charge in [-0.1, -0.05) is 56.3 Å². The normalized spacial score (nSPS) is 11.9. The van der Waals surface area contributed by atoms with Gasteiger partial charge in [0.05, 0.1) is 4.90 Å². The number of hydrogen-bond acceptors (Lipinski definition) is 4. The third-order valence-electron chi connectivity index (χ3n) is 4.39. The summed E-state index contributed by atoms with van der Waals surface area (Å²) in [5.41, 5.74) is 1.61. The van der Waals surface area contributed by atoms with Gasteiger partial charge in [-0.3, -0.25) is 0 Å². The molecule has 0 bridgehead atoms. The summed E-state index contributed by atoms with van der Waals surface area (Å²) < 4.78 is 31.6. The number of benzene rings is 3. The Morgan fingerprint density at radius 2 is 1.59 bits per heavy atom. The van der Waals surface area contributed by atoms with E-state index in [1.54, 1.807) is 48.5 Å². The summed E-state index contributed by atoms with van der Waals surface area (Å²) in [6.07, 6.45) is 1.36. The van der Waals surface area contributed by atoms with Gasteiger partial charge in [0.2, 0.25) is 9.84 Å². The molecule has 0 heterocycles. The molecule has 0 atom stereocenters. The maximum Gasteiger partial charge on any atom is 0.216 e. The van der Waals surface area contributed by atoms with Crippen LogP contribution in [-0.4, -0.2) is 8.42 Å². The van der Waals surface area contributed by atoms with E-state index in [1.807, 2.05) is 50.2 Å². The molecule has 0 aliphatic heterocycles. The maximum atomic E-state index is 12.9. The Hall–Kier alpha value is -3.36. The molecule has 0 saturated carbocycles. The SMILES string of the molecule is CC(C)c1ccc(S(=O)(=O)/C(C#N)=C/c2cccc(Oc3ccccc3)c2)cc1. The van der Waals surface area contributed by atoms with Crippen molar-refractivity contribution in [3.63, 3.8) is 0 Å². The zero-order valence-corrected chi connectivity index (χ0v) is 17.1. The molecule has 3 rings (SSSR count). The second-order valence-electron chi connectivity index (χ2n) is 6.84. The molecule has 29 heavy (non-hydrogen) atoms. The highest BCUT2D eigenvalue weighted by atomic mass is 32.2. The van der Waals surface area contributed by atoms with Gasteiger partial charge < -0.3 is 4.74 Å². The molecule has 4 nitrogen and oxygen atoms in total. The Bertz CT molecular complexity index is 1160. The van der Waals surface area contributed by atoms with E-state index in [4.69, 9.17) is 4.74 Å². The van der Waals surface area contributed by atoms with E-state index >= 15 is 0 Å². The van der Waals surface area contributed by atoms with E-state index in [0.29, 0.717) is 23.0 Å². The summed E-state index contributed by atoms with van der Waals surface area (Å²) in [7, 11) is -3.90. The van der Waals surface area contributed by atoms with Gasteiger partial charge in [-0.05, 0) is 59.5 Å². The van der Waals surface area contributed by atoms with Crippen LogP contribution in [0.4, 0.5) is 0 Å². The van der Waals surface area contributed by atoms with Crippen molar-refractivity contribution in [2.45, 2.75) is 24.7 Å². The summed E-state index contributed by atoms with van der Waals surface area (Å²) in [6.45, 7) is 4.07. The van der Waals surface area contributed by atoms with Crippen molar-refractivity contribution in [2.24, 2.45) is 0 Å². The average Bonchev–Trinajstić information content (AvgIpc) is 2.73. The summed E-state index contributed by atoms with van der Waals surface area (Å²) in [5, 5.41) is 9.50. The highest BCUT2D eigenvalue weighted by Gasteiger charge is 2.21. The number of hydrogen-bond donors (Lipinski definition) is 0. The van der Waals surface area contributed by atoms with Crippen molar-refractivity contribution in [3.05, 3.63) is 94.9 Å². The lowest BCUT2D eigenvalue weighted by atomic mass is 10.0. The molecule has 0 spiro atoms. The van der Waals surface area contributed by atoms with Gasteiger partial charge in [0.25, 0.3) is 0 Å². The third-order valence-corrected chi connectivity index (χ3v) is 6.07. The molecule has 0 aromatic heterocycles. The molecule has 0 amide bonds. The van der Waals surface area contributed by atoms with Crippen LogP contribution in [0.25, 0.3) is 6.08 Å². The van der Waals surface area contributed by atoms with Crippen LogP contribution in [0.1, 0.15) is 30.9 Å². The quantitative estimate of drug-likeness (QED) is 0.478. The molecule has 5 heteroatoms. The van der Waals surface area contributed by atoms with Crippen molar-refractivity contribution >= 4 is 15.9 Å². The van der Waals surface area contributed by atoms with E-state index in [9.17, 15) is 13.7 Å².